The molecule has 2 aromatic rings. The van der Waals surface area contributed by atoms with Gasteiger partial charge in [0, 0.05) is 16.8 Å². The van der Waals surface area contributed by atoms with Crippen LogP contribution in [0.2, 0.25) is 0 Å². The third-order valence-electron chi connectivity index (χ3n) is 4.88. The molecule has 26 heavy (non-hydrogen) atoms. The van der Waals surface area contributed by atoms with E-state index in [4.69, 9.17) is 4.65 Å². The maximum Gasteiger partial charge on any atom is 0.547 e. The van der Waals surface area contributed by atoms with Crippen molar-refractivity contribution in [3.8, 4) is 5.75 Å². The first kappa shape index (κ1) is 17.3. The first-order valence-corrected chi connectivity index (χ1v) is 9.51. The van der Waals surface area contributed by atoms with Crippen LogP contribution in [0, 0.1) is 0 Å². The summed E-state index contributed by atoms with van der Waals surface area (Å²) >= 11 is 1.58. The van der Waals surface area contributed by atoms with E-state index in [-0.39, 0.29) is 11.7 Å². The summed E-state index contributed by atoms with van der Waals surface area (Å²) in [5.41, 5.74) is 3.04. The fourth-order valence-electron chi connectivity index (χ4n) is 3.52. The third-order valence-corrected chi connectivity index (χ3v) is 5.91. The highest BCUT2D eigenvalue weighted by Gasteiger charge is 2.38. The SMILES string of the molecule is CC(=O)c1cccc2c1OB(O)[C@@H](NC(=O)c1csc3c1CCNC3)C2. The van der Waals surface area contributed by atoms with Gasteiger partial charge in [0.1, 0.15) is 5.75 Å². The zero-order chi connectivity index (χ0) is 18.3. The molecule has 0 bridgehead atoms. The van der Waals surface area contributed by atoms with E-state index >= 15 is 0 Å². The molecular formula is C18H19BN2O4S. The first-order chi connectivity index (χ1) is 12.5. The van der Waals surface area contributed by atoms with Gasteiger partial charge in [0.2, 0.25) is 0 Å². The van der Waals surface area contributed by atoms with Crippen molar-refractivity contribution in [2.24, 2.45) is 0 Å². The average molecular weight is 370 g/mol. The second-order valence-corrected chi connectivity index (χ2v) is 7.58. The molecule has 134 valence electrons. The molecule has 0 spiro atoms. The van der Waals surface area contributed by atoms with Crippen LogP contribution in [0.15, 0.2) is 23.6 Å². The van der Waals surface area contributed by atoms with E-state index in [1.807, 2.05) is 11.4 Å². The highest BCUT2D eigenvalue weighted by atomic mass is 32.1. The lowest BCUT2D eigenvalue weighted by molar-refractivity contribution is 0.0938. The van der Waals surface area contributed by atoms with Crippen LogP contribution in [0.4, 0.5) is 0 Å². The van der Waals surface area contributed by atoms with Crippen molar-refractivity contribution in [2.75, 3.05) is 6.54 Å². The second kappa shape index (κ2) is 6.87. The summed E-state index contributed by atoms with van der Waals surface area (Å²) < 4.78 is 5.58. The summed E-state index contributed by atoms with van der Waals surface area (Å²) in [5, 5.41) is 18.4. The Balaban J connectivity index is 1.54. The predicted octanol–water partition coefficient (Wildman–Crippen LogP) is 1.35. The van der Waals surface area contributed by atoms with Crippen LogP contribution in [0.5, 0.6) is 5.75 Å². The Hall–Kier alpha value is -2.16. The number of para-hydroxylation sites is 1. The Labute approximate surface area is 155 Å². The minimum atomic E-state index is -1.19. The van der Waals surface area contributed by atoms with Gasteiger partial charge in [0.25, 0.3) is 5.91 Å². The highest BCUT2D eigenvalue weighted by molar-refractivity contribution is 7.10. The van der Waals surface area contributed by atoms with Crippen LogP contribution in [0.1, 0.15) is 43.6 Å². The van der Waals surface area contributed by atoms with Crippen molar-refractivity contribution in [1.29, 1.82) is 0 Å². The molecule has 1 amide bonds. The number of hydrogen-bond acceptors (Lipinski definition) is 6. The standard InChI is InChI=1S/C18H19BN2O4S/c1-10(22)12-4-2-3-11-7-16(19(24)25-17(11)12)21-18(23)14-9-26-15-8-20-6-5-13(14)15/h2-4,9,16,20,24H,5-8H2,1H3,(H,21,23)/t16-/m0/s1. The number of thiophene rings is 1. The molecule has 3 N–H and O–H groups in total. The first-order valence-electron chi connectivity index (χ1n) is 8.63. The molecular weight excluding hydrogens is 351 g/mol. The van der Waals surface area contributed by atoms with Gasteiger partial charge in [-0.05, 0) is 43.5 Å². The van der Waals surface area contributed by atoms with Gasteiger partial charge in [-0.15, -0.1) is 11.3 Å². The van der Waals surface area contributed by atoms with Gasteiger partial charge in [0.05, 0.1) is 17.1 Å². The van der Waals surface area contributed by atoms with Gasteiger partial charge >= 0.3 is 7.12 Å². The van der Waals surface area contributed by atoms with Crippen molar-refractivity contribution in [3.05, 3.63) is 50.7 Å². The fraction of sp³-hybridized carbons (Fsp3) is 0.333. The quantitative estimate of drug-likeness (QED) is 0.561. The van der Waals surface area contributed by atoms with Gasteiger partial charge in [-0.25, -0.2) is 0 Å². The fourth-order valence-corrected chi connectivity index (χ4v) is 4.57. The predicted molar refractivity (Wildman–Crippen MR) is 99.7 cm³/mol. The maximum atomic E-state index is 12.7. The molecule has 1 atom stereocenters. The molecule has 6 nitrogen and oxygen atoms in total. The topological polar surface area (TPSA) is 87.7 Å². The van der Waals surface area contributed by atoms with Crippen molar-refractivity contribution in [3.63, 3.8) is 0 Å². The molecule has 2 aliphatic rings. The second-order valence-electron chi connectivity index (χ2n) is 6.62. The molecule has 0 radical (unpaired) electrons. The lowest BCUT2D eigenvalue weighted by Gasteiger charge is -2.29. The number of ketones is 1. The van der Waals surface area contributed by atoms with Gasteiger partial charge in [-0.3, -0.25) is 9.59 Å². The largest absolute Gasteiger partial charge is 0.547 e. The van der Waals surface area contributed by atoms with E-state index in [1.54, 1.807) is 23.5 Å². The number of hydrogen-bond donors (Lipinski definition) is 3. The average Bonchev–Trinajstić information content (AvgIpc) is 3.06. The van der Waals surface area contributed by atoms with Crippen LogP contribution < -0.4 is 15.3 Å². The Kier molecular flexibility index (Phi) is 4.56. The van der Waals surface area contributed by atoms with Crippen LogP contribution >= 0.6 is 11.3 Å². The molecule has 1 aromatic carbocycles. The van der Waals surface area contributed by atoms with E-state index in [9.17, 15) is 14.6 Å². The van der Waals surface area contributed by atoms with Crippen molar-refractivity contribution < 1.29 is 19.3 Å². The van der Waals surface area contributed by atoms with Crippen molar-refractivity contribution in [2.45, 2.75) is 32.3 Å². The van der Waals surface area contributed by atoms with E-state index in [1.165, 1.54) is 11.8 Å². The monoisotopic (exact) mass is 370 g/mol. The van der Waals surface area contributed by atoms with E-state index in [0.29, 0.717) is 23.3 Å². The van der Waals surface area contributed by atoms with Gasteiger partial charge < -0.3 is 20.3 Å². The van der Waals surface area contributed by atoms with Gasteiger partial charge in [-0.2, -0.15) is 0 Å². The maximum absolute atomic E-state index is 12.7. The number of carbonyl (C=O) groups is 2. The molecule has 2 aliphatic heterocycles. The minimum Gasteiger partial charge on any atom is -0.534 e. The minimum absolute atomic E-state index is 0.116. The summed E-state index contributed by atoms with van der Waals surface area (Å²) in [6, 6.07) is 5.32. The zero-order valence-electron chi connectivity index (χ0n) is 14.4. The molecule has 0 saturated heterocycles. The Bertz CT molecular complexity index is 882. The Morgan fingerprint density at radius 3 is 3.04 bits per heavy atom. The van der Waals surface area contributed by atoms with Crippen LogP contribution in [-0.4, -0.2) is 36.3 Å². The Morgan fingerprint density at radius 1 is 1.38 bits per heavy atom. The Morgan fingerprint density at radius 2 is 2.23 bits per heavy atom. The number of Topliss-reactive ketones (excluding diaryl/α,β-unsaturated/α-hetero) is 1. The smallest absolute Gasteiger partial charge is 0.534 e. The van der Waals surface area contributed by atoms with E-state index < -0.39 is 13.1 Å². The van der Waals surface area contributed by atoms with Gasteiger partial charge in [-0.1, -0.05) is 12.1 Å². The van der Waals surface area contributed by atoms with E-state index in [2.05, 4.69) is 10.6 Å². The molecule has 1 aromatic heterocycles. The van der Waals surface area contributed by atoms with Crippen molar-refractivity contribution in [1.82, 2.24) is 10.6 Å². The normalized spacial score (nSPS) is 18.5. The van der Waals surface area contributed by atoms with Crippen LogP contribution in [-0.2, 0) is 19.4 Å². The molecule has 0 saturated carbocycles. The number of benzene rings is 1. The zero-order valence-corrected chi connectivity index (χ0v) is 15.2. The lowest BCUT2D eigenvalue weighted by atomic mass is 9.72. The number of rotatable bonds is 3. The number of carbonyl (C=O) groups excluding carboxylic acids is 2. The molecule has 8 heteroatoms. The van der Waals surface area contributed by atoms with Crippen LogP contribution in [0.25, 0.3) is 0 Å². The molecule has 3 heterocycles. The summed E-state index contributed by atoms with van der Waals surface area (Å²) in [7, 11) is -1.19. The summed E-state index contributed by atoms with van der Waals surface area (Å²) in [5.74, 6) is -0.454. The van der Waals surface area contributed by atoms with E-state index in [0.717, 1.165) is 30.6 Å². The third kappa shape index (κ3) is 3.04. The van der Waals surface area contributed by atoms with Crippen molar-refractivity contribution >= 4 is 30.1 Å². The lowest BCUT2D eigenvalue weighted by Crippen LogP contribution is -2.53. The molecule has 4 rings (SSSR count). The molecule has 0 fully saturated rings. The molecule has 0 unspecified atom stereocenters. The highest BCUT2D eigenvalue weighted by Crippen LogP contribution is 2.31. The number of amides is 1. The summed E-state index contributed by atoms with van der Waals surface area (Å²) in [6.07, 6.45) is 1.24. The summed E-state index contributed by atoms with van der Waals surface area (Å²) in [4.78, 5) is 25.7. The summed E-state index contributed by atoms with van der Waals surface area (Å²) in [6.45, 7) is 3.12. The molecule has 0 aliphatic carbocycles. The van der Waals surface area contributed by atoms with Gasteiger partial charge in [0.15, 0.2) is 5.78 Å². The number of nitrogens with one attached hydrogen (secondary N) is 2. The van der Waals surface area contributed by atoms with Crippen LogP contribution in [0.3, 0.4) is 0 Å². The number of fused-ring (bicyclic) bond motifs is 2.